The van der Waals surface area contributed by atoms with E-state index < -0.39 is 16.0 Å². The maximum atomic E-state index is 12.8. The van der Waals surface area contributed by atoms with Gasteiger partial charge in [0.25, 0.3) is 0 Å². The van der Waals surface area contributed by atoms with Crippen LogP contribution < -0.4 is 9.47 Å². The molecule has 0 N–H and O–H groups in total. The Morgan fingerprint density at radius 1 is 0.971 bits per heavy atom. The van der Waals surface area contributed by atoms with Gasteiger partial charge in [-0.25, -0.2) is 13.2 Å². The number of pyridine rings is 1. The van der Waals surface area contributed by atoms with Gasteiger partial charge in [0.15, 0.2) is 11.5 Å². The molecule has 4 rings (SSSR count). The fourth-order valence-electron chi connectivity index (χ4n) is 3.81. The summed E-state index contributed by atoms with van der Waals surface area (Å²) in [5.41, 5.74) is 1.95. The van der Waals surface area contributed by atoms with Crippen molar-refractivity contribution in [2.75, 3.05) is 19.7 Å². The van der Waals surface area contributed by atoms with Gasteiger partial charge in [-0.05, 0) is 79.9 Å². The first-order valence-corrected chi connectivity index (χ1v) is 13.1. The van der Waals surface area contributed by atoms with E-state index >= 15 is 0 Å². The summed E-state index contributed by atoms with van der Waals surface area (Å²) in [7, 11) is -3.56. The van der Waals surface area contributed by atoms with Gasteiger partial charge in [0.1, 0.15) is 0 Å². The van der Waals surface area contributed by atoms with Crippen LogP contribution in [-0.2, 0) is 10.0 Å². The second kappa shape index (κ2) is 11.3. The van der Waals surface area contributed by atoms with E-state index in [1.165, 1.54) is 28.6 Å². The Balaban J connectivity index is 1.48. The van der Waals surface area contributed by atoms with E-state index in [1.807, 2.05) is 43.3 Å². The van der Waals surface area contributed by atoms with Gasteiger partial charge >= 0.3 is 5.97 Å². The van der Waals surface area contributed by atoms with Crippen molar-refractivity contribution in [3.05, 3.63) is 83.7 Å². The summed E-state index contributed by atoms with van der Waals surface area (Å²) in [6.45, 7) is 3.31. The average molecular weight is 493 g/mol. The zero-order valence-electron chi connectivity index (χ0n) is 19.6. The molecule has 2 heterocycles. The minimum atomic E-state index is -3.56. The molecule has 0 spiro atoms. The molecule has 1 saturated heterocycles. The Bertz CT molecular complexity index is 1280. The smallest absolute Gasteiger partial charge is 0.343 e. The summed E-state index contributed by atoms with van der Waals surface area (Å²) in [5.74, 6) is 0.134. The fourth-order valence-corrected chi connectivity index (χ4v) is 5.33. The van der Waals surface area contributed by atoms with E-state index in [2.05, 4.69) is 4.98 Å². The number of carbonyl (C=O) groups is 1. The monoisotopic (exact) mass is 492 g/mol. The third-order valence-electron chi connectivity index (χ3n) is 5.65. The molecule has 0 saturated carbocycles. The Hall–Kier alpha value is -3.49. The lowest BCUT2D eigenvalue weighted by Crippen LogP contribution is -2.35. The Morgan fingerprint density at radius 2 is 1.74 bits per heavy atom. The van der Waals surface area contributed by atoms with E-state index in [1.54, 1.807) is 18.3 Å². The molecule has 7 nitrogen and oxygen atoms in total. The molecule has 1 fully saturated rings. The number of ether oxygens (including phenoxy) is 2. The number of sulfonamides is 1. The van der Waals surface area contributed by atoms with Crippen LogP contribution in [0.3, 0.4) is 0 Å². The number of carbonyl (C=O) groups excluding carboxylic acids is 1. The van der Waals surface area contributed by atoms with Gasteiger partial charge in [0.2, 0.25) is 10.0 Å². The van der Waals surface area contributed by atoms with Gasteiger partial charge in [-0.15, -0.1) is 0 Å². The predicted molar refractivity (Wildman–Crippen MR) is 135 cm³/mol. The standard InChI is InChI=1S/C27H28N2O5S/c1-2-33-26-20-21(9-13-23-8-4-5-17-28-23)10-16-25(26)34-27(30)22-11-14-24(15-12-22)35(31,32)29-18-6-3-7-19-29/h4-5,8-17,20H,2-3,6-7,18-19H2,1H3/b13-9+. The molecule has 1 aromatic heterocycles. The van der Waals surface area contributed by atoms with Crippen LogP contribution >= 0.6 is 0 Å². The Morgan fingerprint density at radius 3 is 2.43 bits per heavy atom. The number of benzene rings is 2. The van der Waals surface area contributed by atoms with Crippen LogP contribution in [0.5, 0.6) is 11.5 Å². The molecule has 0 aliphatic carbocycles. The SMILES string of the molecule is CCOc1cc(/C=C/c2ccccn2)ccc1OC(=O)c1ccc(S(=O)(=O)N2CCCCC2)cc1. The molecule has 0 unspecified atom stereocenters. The number of nitrogens with zero attached hydrogens (tertiary/aromatic N) is 2. The topological polar surface area (TPSA) is 85.8 Å². The number of esters is 1. The summed E-state index contributed by atoms with van der Waals surface area (Å²) in [5, 5.41) is 0. The van der Waals surface area contributed by atoms with Crippen LogP contribution in [0.25, 0.3) is 12.2 Å². The summed E-state index contributed by atoms with van der Waals surface area (Å²) in [6, 6.07) is 16.8. The third-order valence-corrected chi connectivity index (χ3v) is 7.56. The van der Waals surface area contributed by atoms with Gasteiger partial charge in [-0.1, -0.05) is 24.6 Å². The van der Waals surface area contributed by atoms with Crippen molar-refractivity contribution in [1.29, 1.82) is 0 Å². The van der Waals surface area contributed by atoms with Gasteiger partial charge < -0.3 is 9.47 Å². The molecule has 1 aliphatic heterocycles. The first-order chi connectivity index (χ1) is 17.0. The van der Waals surface area contributed by atoms with E-state index in [4.69, 9.17) is 9.47 Å². The van der Waals surface area contributed by atoms with E-state index in [0.717, 1.165) is 30.5 Å². The van der Waals surface area contributed by atoms with Crippen molar-refractivity contribution in [2.45, 2.75) is 31.1 Å². The molecule has 0 bridgehead atoms. The quantitative estimate of drug-likeness (QED) is 0.323. The highest BCUT2D eigenvalue weighted by Crippen LogP contribution is 2.30. The predicted octanol–water partition coefficient (Wildman–Crippen LogP) is 5.04. The molecule has 2 aromatic carbocycles. The molecular formula is C27H28N2O5S. The average Bonchev–Trinajstić information content (AvgIpc) is 2.90. The summed E-state index contributed by atoms with van der Waals surface area (Å²) >= 11 is 0. The normalized spacial score (nSPS) is 14.7. The van der Waals surface area contributed by atoms with Crippen LogP contribution in [0.2, 0.25) is 0 Å². The molecule has 3 aromatic rings. The number of piperidine rings is 1. The Labute approximate surface area is 206 Å². The van der Waals surface area contributed by atoms with Gasteiger partial charge in [-0.2, -0.15) is 4.31 Å². The molecule has 1 aliphatic rings. The molecule has 35 heavy (non-hydrogen) atoms. The molecular weight excluding hydrogens is 464 g/mol. The zero-order valence-corrected chi connectivity index (χ0v) is 20.4. The van der Waals surface area contributed by atoms with Crippen molar-refractivity contribution in [2.24, 2.45) is 0 Å². The van der Waals surface area contributed by atoms with Crippen molar-refractivity contribution in [1.82, 2.24) is 9.29 Å². The fraction of sp³-hybridized carbons (Fsp3) is 0.259. The van der Waals surface area contributed by atoms with Crippen molar-refractivity contribution < 1.29 is 22.7 Å². The highest BCUT2D eigenvalue weighted by Gasteiger charge is 2.26. The van der Waals surface area contributed by atoms with Crippen LogP contribution in [0.4, 0.5) is 0 Å². The Kier molecular flexibility index (Phi) is 7.94. The lowest BCUT2D eigenvalue weighted by atomic mass is 10.1. The molecule has 0 radical (unpaired) electrons. The largest absolute Gasteiger partial charge is 0.490 e. The number of hydrogen-bond acceptors (Lipinski definition) is 6. The van der Waals surface area contributed by atoms with E-state index in [9.17, 15) is 13.2 Å². The first-order valence-electron chi connectivity index (χ1n) is 11.7. The number of hydrogen-bond donors (Lipinski definition) is 0. The van der Waals surface area contributed by atoms with Gasteiger partial charge in [-0.3, -0.25) is 4.98 Å². The molecule has 0 atom stereocenters. The third kappa shape index (κ3) is 6.15. The molecule has 0 amide bonds. The van der Waals surface area contributed by atoms with E-state index in [0.29, 0.717) is 25.4 Å². The second-order valence-electron chi connectivity index (χ2n) is 8.11. The van der Waals surface area contributed by atoms with Crippen molar-refractivity contribution in [3.8, 4) is 11.5 Å². The highest BCUT2D eigenvalue weighted by atomic mass is 32.2. The van der Waals surface area contributed by atoms with Crippen molar-refractivity contribution >= 4 is 28.1 Å². The minimum absolute atomic E-state index is 0.176. The summed E-state index contributed by atoms with van der Waals surface area (Å²) in [6.07, 6.45) is 8.28. The van der Waals surface area contributed by atoms with Crippen LogP contribution in [0.15, 0.2) is 71.8 Å². The van der Waals surface area contributed by atoms with E-state index in [-0.39, 0.29) is 16.2 Å². The first kappa shape index (κ1) is 24.6. The van der Waals surface area contributed by atoms with Crippen LogP contribution in [-0.4, -0.2) is 43.4 Å². The molecule has 182 valence electrons. The summed E-state index contributed by atoms with van der Waals surface area (Å²) < 4.78 is 38.4. The number of aromatic nitrogens is 1. The van der Waals surface area contributed by atoms with Crippen LogP contribution in [0.1, 0.15) is 47.8 Å². The zero-order chi connectivity index (χ0) is 24.7. The molecule has 8 heteroatoms. The lowest BCUT2D eigenvalue weighted by Gasteiger charge is -2.25. The van der Waals surface area contributed by atoms with Crippen molar-refractivity contribution in [3.63, 3.8) is 0 Å². The number of rotatable bonds is 8. The maximum absolute atomic E-state index is 12.8. The second-order valence-corrected chi connectivity index (χ2v) is 10.0. The lowest BCUT2D eigenvalue weighted by molar-refractivity contribution is 0.0728. The highest BCUT2D eigenvalue weighted by molar-refractivity contribution is 7.89. The minimum Gasteiger partial charge on any atom is -0.490 e. The summed E-state index contributed by atoms with van der Waals surface area (Å²) in [4.78, 5) is 17.2. The maximum Gasteiger partial charge on any atom is 0.343 e. The van der Waals surface area contributed by atoms with Crippen LogP contribution in [0, 0.1) is 0 Å². The van der Waals surface area contributed by atoms with Gasteiger partial charge in [0.05, 0.1) is 22.8 Å². The van der Waals surface area contributed by atoms with Gasteiger partial charge in [0, 0.05) is 19.3 Å².